The Morgan fingerprint density at radius 2 is 1.85 bits per heavy atom. The molecule has 0 aliphatic carbocycles. The summed E-state index contributed by atoms with van der Waals surface area (Å²) < 4.78 is 2.19. The van der Waals surface area contributed by atoms with E-state index in [1.165, 1.54) is 6.07 Å². The third kappa shape index (κ3) is 2.40. The van der Waals surface area contributed by atoms with Crippen molar-refractivity contribution >= 4 is 10.9 Å². The molecule has 1 aromatic heterocycles. The van der Waals surface area contributed by atoms with E-state index in [-0.39, 0.29) is 5.75 Å². The molecular formula is C10H9HgNO. The zero-order valence-electron chi connectivity index (χ0n) is 7.53. The van der Waals surface area contributed by atoms with Crippen molar-refractivity contribution in [1.29, 1.82) is 0 Å². The Bertz CT molecular complexity index is 384. The molecule has 0 aliphatic heterocycles. The van der Waals surface area contributed by atoms with Gasteiger partial charge >= 0.3 is 30.6 Å². The minimum absolute atomic E-state index is 0.0110. The summed E-state index contributed by atoms with van der Waals surface area (Å²) in [6, 6.07) is 8.84. The summed E-state index contributed by atoms with van der Waals surface area (Å²) >= 11 is 1.03. The van der Waals surface area contributed by atoms with Gasteiger partial charge in [0.05, 0.1) is 5.52 Å². The molecule has 1 heterocycles. The second-order valence-electron chi connectivity index (χ2n) is 2.33. The number of aromatic nitrogens is 1. The first-order valence-corrected chi connectivity index (χ1v) is 9.59. The monoisotopic (exact) mass is 361 g/mol. The van der Waals surface area contributed by atoms with Crippen LogP contribution in [-0.4, -0.2) is 4.98 Å². The molecule has 2 nitrogen and oxygen atoms in total. The maximum atomic E-state index is 11.1. The van der Waals surface area contributed by atoms with Gasteiger partial charge in [0.15, 0.2) is 0 Å². The summed E-state index contributed by atoms with van der Waals surface area (Å²) in [7, 11) is 0. The average molecular weight is 360 g/mol. The standard InChI is InChI=1S/C9H7NO.CH3.Hg/c11-8-5-1-3-7-4-2-6-10-9(7)8;;/h1-6,11H;1H3;/q;;+1/p-1. The fraction of sp³-hybridized carbons (Fsp3) is 0.100. The maximum Gasteiger partial charge on any atom is 0.0623 e. The number of para-hydroxylation sites is 1. The molecule has 0 saturated heterocycles. The molecule has 3 heteroatoms. The van der Waals surface area contributed by atoms with Gasteiger partial charge in [-0.25, -0.2) is 0 Å². The van der Waals surface area contributed by atoms with Crippen LogP contribution in [0.5, 0.6) is 5.75 Å². The van der Waals surface area contributed by atoms with E-state index in [4.69, 9.17) is 0 Å². The Hall–Kier alpha value is -0.635. The Labute approximate surface area is 93.6 Å². The van der Waals surface area contributed by atoms with Crippen LogP contribution in [0, 0.1) is 0 Å². The van der Waals surface area contributed by atoms with Crippen LogP contribution in [0.15, 0.2) is 36.5 Å². The number of pyridine rings is 1. The van der Waals surface area contributed by atoms with E-state index in [0.717, 1.165) is 31.5 Å². The second-order valence-corrected chi connectivity index (χ2v) is 2.33. The van der Waals surface area contributed by atoms with Crippen molar-refractivity contribution in [3.05, 3.63) is 36.5 Å². The molecule has 2 rings (SSSR count). The Balaban J connectivity index is 0.000000396. The number of fused-ring (bicyclic) bond motifs is 1. The van der Waals surface area contributed by atoms with Crippen LogP contribution >= 0.6 is 0 Å². The average Bonchev–Trinajstić information content (AvgIpc) is 2.22. The van der Waals surface area contributed by atoms with Gasteiger partial charge in [-0.05, 0) is 11.5 Å². The fourth-order valence-corrected chi connectivity index (χ4v) is 1.08. The van der Waals surface area contributed by atoms with Gasteiger partial charge in [-0.3, -0.25) is 4.98 Å². The number of nitrogens with zero attached hydrogens (tertiary/aromatic N) is 1. The van der Waals surface area contributed by atoms with Crippen molar-refractivity contribution < 1.29 is 31.2 Å². The third-order valence-corrected chi connectivity index (χ3v) is 1.60. The summed E-state index contributed by atoms with van der Waals surface area (Å²) in [6.07, 6.45) is 1.63. The van der Waals surface area contributed by atoms with Gasteiger partial charge in [0.1, 0.15) is 0 Å². The Kier molecular flexibility index (Phi) is 4.16. The first-order valence-electron chi connectivity index (χ1n) is 4.09. The minimum Gasteiger partial charge on any atom is -0.871 e. The maximum absolute atomic E-state index is 11.1. The van der Waals surface area contributed by atoms with Gasteiger partial charge < -0.3 is 5.11 Å². The van der Waals surface area contributed by atoms with Crippen LogP contribution < -0.4 is 5.11 Å². The van der Waals surface area contributed by atoms with E-state index in [1.54, 1.807) is 12.3 Å². The topological polar surface area (TPSA) is 36.0 Å². The summed E-state index contributed by atoms with van der Waals surface area (Å²) in [4.78, 5) is 3.97. The van der Waals surface area contributed by atoms with Crippen molar-refractivity contribution in [2.24, 2.45) is 0 Å². The van der Waals surface area contributed by atoms with Crippen molar-refractivity contribution in [2.45, 2.75) is 4.43 Å². The van der Waals surface area contributed by atoms with Crippen LogP contribution in [0.2, 0.25) is 4.43 Å². The Morgan fingerprint density at radius 3 is 2.54 bits per heavy atom. The molecule has 13 heavy (non-hydrogen) atoms. The zero-order chi connectivity index (χ0) is 9.68. The fourth-order valence-electron chi connectivity index (χ4n) is 1.08. The van der Waals surface area contributed by atoms with Gasteiger partial charge in [0, 0.05) is 6.20 Å². The normalized spacial score (nSPS) is 9.15. The van der Waals surface area contributed by atoms with Crippen LogP contribution in [0.4, 0.5) is 0 Å². The molecule has 0 fully saturated rings. The van der Waals surface area contributed by atoms with Crippen molar-refractivity contribution in [3.8, 4) is 5.75 Å². The number of hydrogen-bond acceptors (Lipinski definition) is 2. The molecule has 0 spiro atoms. The first kappa shape index (κ1) is 10.4. The molecule has 0 amide bonds. The predicted molar refractivity (Wildman–Crippen MR) is 47.1 cm³/mol. The predicted octanol–water partition coefficient (Wildman–Crippen LogP) is 1.89. The summed E-state index contributed by atoms with van der Waals surface area (Å²) in [5.74, 6) is -0.0110. The van der Waals surface area contributed by atoms with Gasteiger partial charge in [-0.1, -0.05) is 30.0 Å². The molecule has 0 atom stereocenters. The molecule has 0 unspecified atom stereocenters. The van der Waals surface area contributed by atoms with Gasteiger partial charge in [0.2, 0.25) is 0 Å². The molecule has 0 bridgehead atoms. The van der Waals surface area contributed by atoms with Gasteiger partial charge in [-0.15, -0.1) is 0 Å². The largest absolute Gasteiger partial charge is 0.871 e. The quantitative estimate of drug-likeness (QED) is 0.673. The van der Waals surface area contributed by atoms with E-state index >= 15 is 0 Å². The van der Waals surface area contributed by atoms with E-state index in [2.05, 4.69) is 9.42 Å². The molecule has 2 aromatic rings. The Morgan fingerprint density at radius 1 is 1.15 bits per heavy atom. The number of benzene rings is 1. The summed E-state index contributed by atoms with van der Waals surface area (Å²) in [5.41, 5.74) is 0.551. The van der Waals surface area contributed by atoms with Crippen molar-refractivity contribution in [2.75, 3.05) is 0 Å². The molecule has 0 aliphatic rings. The van der Waals surface area contributed by atoms with E-state index < -0.39 is 0 Å². The van der Waals surface area contributed by atoms with Crippen LogP contribution in [0.3, 0.4) is 0 Å². The molecule has 0 radical (unpaired) electrons. The SMILES string of the molecule is [CH3][Hg+].[O-]c1cccc2cccnc12. The third-order valence-electron chi connectivity index (χ3n) is 1.60. The number of rotatable bonds is 0. The molecule has 62 valence electrons. The van der Waals surface area contributed by atoms with E-state index in [1.807, 2.05) is 18.2 Å². The molecule has 0 saturated carbocycles. The first-order chi connectivity index (χ1) is 6.38. The molecule has 0 N–H and O–H groups in total. The number of hydrogen-bond donors (Lipinski definition) is 0. The van der Waals surface area contributed by atoms with Crippen LogP contribution in [0.1, 0.15) is 0 Å². The minimum atomic E-state index is -0.0110. The van der Waals surface area contributed by atoms with Gasteiger partial charge in [-0.2, -0.15) is 0 Å². The van der Waals surface area contributed by atoms with Crippen LogP contribution in [0.25, 0.3) is 10.9 Å². The zero-order valence-corrected chi connectivity index (χ0v) is 13.0. The van der Waals surface area contributed by atoms with Gasteiger partial charge in [0.25, 0.3) is 0 Å². The van der Waals surface area contributed by atoms with Crippen molar-refractivity contribution in [3.63, 3.8) is 0 Å². The van der Waals surface area contributed by atoms with Crippen molar-refractivity contribution in [1.82, 2.24) is 4.98 Å². The molecule has 1 aromatic carbocycles. The summed E-state index contributed by atoms with van der Waals surface area (Å²) in [6.45, 7) is 0. The van der Waals surface area contributed by atoms with E-state index in [0.29, 0.717) is 5.52 Å². The molecular weight excluding hydrogens is 351 g/mol. The summed E-state index contributed by atoms with van der Waals surface area (Å²) in [5, 5.41) is 12.0. The smallest absolute Gasteiger partial charge is 0.0623 e. The van der Waals surface area contributed by atoms with E-state index in [9.17, 15) is 5.11 Å². The second kappa shape index (κ2) is 5.17. The van der Waals surface area contributed by atoms with Crippen LogP contribution in [-0.2, 0) is 26.1 Å².